The first-order valence-electron chi connectivity index (χ1n) is 19.8. The molecule has 14 heteroatoms. The molecule has 5 rings (SSSR count). The number of fused-ring (bicyclic) bond motifs is 1. The van der Waals surface area contributed by atoms with E-state index in [4.69, 9.17) is 9.97 Å². The number of hydrogen-bond donors (Lipinski definition) is 6. The third kappa shape index (κ3) is 12.1. The van der Waals surface area contributed by atoms with E-state index in [1.165, 1.54) is 32.1 Å². The first-order valence-corrected chi connectivity index (χ1v) is 19.8. The SMILES string of the molecule is CCC(C)C(NC)C(=O)NCCC(=O)N1CCC(Nc2nc(NCc3cn(CCCNCCCNC4CCCCC4)nn3)nc3ccccc23)CC1. The lowest BCUT2D eigenvalue weighted by molar-refractivity contribution is -0.132. The minimum atomic E-state index is -0.248. The Bertz CT molecular complexity index is 1520. The van der Waals surface area contributed by atoms with Crippen molar-refractivity contribution in [2.24, 2.45) is 5.92 Å². The number of piperidine rings is 1. The van der Waals surface area contributed by atoms with Crippen LogP contribution in [0.3, 0.4) is 0 Å². The van der Waals surface area contributed by atoms with Gasteiger partial charge in [0.15, 0.2) is 0 Å². The highest BCUT2D eigenvalue weighted by atomic mass is 16.2. The molecule has 0 spiro atoms. The lowest BCUT2D eigenvalue weighted by Gasteiger charge is -2.33. The van der Waals surface area contributed by atoms with E-state index in [9.17, 15) is 9.59 Å². The van der Waals surface area contributed by atoms with Gasteiger partial charge in [-0.15, -0.1) is 5.10 Å². The normalized spacial score (nSPS) is 16.9. The number of aromatic nitrogens is 5. The second-order valence-corrected chi connectivity index (χ2v) is 14.5. The minimum absolute atomic E-state index is 0.0492. The summed E-state index contributed by atoms with van der Waals surface area (Å²) in [6.45, 7) is 10.2. The zero-order valence-electron chi connectivity index (χ0n) is 31.6. The molecule has 286 valence electrons. The summed E-state index contributed by atoms with van der Waals surface area (Å²) in [7, 11) is 1.80. The molecule has 1 aliphatic heterocycles. The van der Waals surface area contributed by atoms with E-state index in [1.807, 2.05) is 40.0 Å². The van der Waals surface area contributed by atoms with Gasteiger partial charge in [0.25, 0.3) is 0 Å². The number of hydrogen-bond acceptors (Lipinski definition) is 11. The molecule has 52 heavy (non-hydrogen) atoms. The van der Waals surface area contributed by atoms with Crippen LogP contribution >= 0.6 is 0 Å². The Labute approximate surface area is 309 Å². The summed E-state index contributed by atoms with van der Waals surface area (Å²) in [5.74, 6) is 1.56. The highest BCUT2D eigenvalue weighted by Gasteiger charge is 2.25. The van der Waals surface area contributed by atoms with Gasteiger partial charge in [0.2, 0.25) is 17.8 Å². The minimum Gasteiger partial charge on any atom is -0.367 e. The highest BCUT2D eigenvalue weighted by molar-refractivity contribution is 5.90. The van der Waals surface area contributed by atoms with Crippen molar-refractivity contribution < 1.29 is 9.59 Å². The molecule has 1 saturated heterocycles. The van der Waals surface area contributed by atoms with Gasteiger partial charge in [-0.25, -0.2) is 4.98 Å². The molecule has 6 N–H and O–H groups in total. The Morgan fingerprint density at radius 3 is 2.52 bits per heavy atom. The average Bonchev–Trinajstić information content (AvgIpc) is 3.63. The van der Waals surface area contributed by atoms with E-state index < -0.39 is 0 Å². The highest BCUT2D eigenvalue weighted by Crippen LogP contribution is 2.25. The topological polar surface area (TPSA) is 166 Å². The van der Waals surface area contributed by atoms with Crippen LogP contribution in [0.15, 0.2) is 30.5 Å². The summed E-state index contributed by atoms with van der Waals surface area (Å²) in [6, 6.07) is 8.66. The summed E-state index contributed by atoms with van der Waals surface area (Å²) in [6.07, 6.45) is 13.8. The van der Waals surface area contributed by atoms with Crippen molar-refractivity contribution in [1.29, 1.82) is 0 Å². The van der Waals surface area contributed by atoms with Gasteiger partial charge >= 0.3 is 0 Å². The zero-order valence-corrected chi connectivity index (χ0v) is 31.6. The molecule has 3 aromatic rings. The number of anilines is 2. The fraction of sp³-hybridized carbons (Fsp3) is 0.684. The summed E-state index contributed by atoms with van der Waals surface area (Å²) in [5, 5.41) is 29.9. The Morgan fingerprint density at radius 1 is 0.942 bits per heavy atom. The van der Waals surface area contributed by atoms with Crippen LogP contribution in [0.1, 0.15) is 90.2 Å². The molecule has 1 aliphatic carbocycles. The monoisotopic (exact) mass is 719 g/mol. The van der Waals surface area contributed by atoms with Gasteiger partial charge < -0.3 is 36.8 Å². The van der Waals surface area contributed by atoms with Crippen molar-refractivity contribution in [3.63, 3.8) is 0 Å². The molecular weight excluding hydrogens is 656 g/mol. The Kier molecular flexibility index (Phi) is 15.9. The van der Waals surface area contributed by atoms with Crippen LogP contribution in [-0.2, 0) is 22.7 Å². The van der Waals surface area contributed by atoms with Crippen molar-refractivity contribution >= 4 is 34.5 Å². The van der Waals surface area contributed by atoms with E-state index in [0.29, 0.717) is 38.5 Å². The standard InChI is InChI=1S/C38H62N12O2/c1-4-28(2)35(39-3)37(52)42-22-16-34(51)49-24-17-30(18-25-49)44-36-32-14-8-9-15-33(32)45-38(46-36)43-26-31-27-50(48-47-31)23-11-20-40-19-10-21-41-29-12-6-5-7-13-29/h8-9,14-15,27-30,35,39-41H,4-7,10-13,16-26H2,1-3H3,(H,42,52)(H2,43,44,45,46). The summed E-state index contributed by atoms with van der Waals surface area (Å²) < 4.78 is 1.90. The quantitative estimate of drug-likeness (QED) is 0.0891. The number of aryl methyl sites for hydroxylation is 1. The third-order valence-electron chi connectivity index (χ3n) is 10.6. The molecule has 3 heterocycles. The first kappa shape index (κ1) is 39.3. The molecule has 2 aromatic heterocycles. The third-order valence-corrected chi connectivity index (χ3v) is 10.6. The van der Waals surface area contributed by atoms with Crippen LogP contribution in [0.2, 0.25) is 0 Å². The number of carbonyl (C=O) groups is 2. The van der Waals surface area contributed by atoms with Crippen LogP contribution in [-0.4, -0.2) is 106 Å². The number of nitrogens with zero attached hydrogens (tertiary/aromatic N) is 6. The molecule has 1 saturated carbocycles. The number of benzene rings is 1. The predicted octanol–water partition coefficient (Wildman–Crippen LogP) is 3.67. The molecule has 0 bridgehead atoms. The second kappa shape index (κ2) is 21.0. The smallest absolute Gasteiger partial charge is 0.237 e. The van der Waals surface area contributed by atoms with E-state index >= 15 is 0 Å². The summed E-state index contributed by atoms with van der Waals surface area (Å²) in [4.78, 5) is 37.0. The number of carbonyl (C=O) groups excluding carboxylic acids is 2. The molecular formula is C38H62N12O2. The number of likely N-dealkylation sites (N-methyl/N-ethyl adjacent to an activating group) is 1. The van der Waals surface area contributed by atoms with Crippen molar-refractivity contribution in [3.05, 3.63) is 36.2 Å². The van der Waals surface area contributed by atoms with Crippen molar-refractivity contribution in [3.8, 4) is 0 Å². The Balaban J connectivity index is 1.02. The molecule has 2 aliphatic rings. The van der Waals surface area contributed by atoms with E-state index in [1.54, 1.807) is 7.05 Å². The van der Waals surface area contributed by atoms with Crippen LogP contribution in [0.25, 0.3) is 10.9 Å². The number of likely N-dealkylation sites (tertiary alicyclic amines) is 1. The Hall–Kier alpha value is -3.88. The van der Waals surface area contributed by atoms with Gasteiger partial charge in [0, 0.05) is 50.1 Å². The number of para-hydroxylation sites is 1. The van der Waals surface area contributed by atoms with Gasteiger partial charge in [-0.05, 0) is 83.3 Å². The first-order chi connectivity index (χ1) is 25.4. The lowest BCUT2D eigenvalue weighted by atomic mass is 9.95. The molecule has 2 unspecified atom stereocenters. The summed E-state index contributed by atoms with van der Waals surface area (Å²) in [5.41, 5.74) is 1.69. The van der Waals surface area contributed by atoms with Gasteiger partial charge in [0.05, 0.1) is 24.3 Å². The van der Waals surface area contributed by atoms with Gasteiger partial charge in [0.1, 0.15) is 11.5 Å². The molecule has 0 radical (unpaired) electrons. The fourth-order valence-corrected chi connectivity index (χ4v) is 7.22. The number of amides is 2. The van der Waals surface area contributed by atoms with Crippen LogP contribution in [0.4, 0.5) is 11.8 Å². The van der Waals surface area contributed by atoms with Crippen molar-refractivity contribution in [2.45, 2.75) is 116 Å². The molecule has 1 aromatic carbocycles. The van der Waals surface area contributed by atoms with E-state index in [-0.39, 0.29) is 29.8 Å². The second-order valence-electron chi connectivity index (χ2n) is 14.5. The number of rotatable bonds is 21. The number of nitrogens with one attached hydrogen (secondary N) is 6. The maximum atomic E-state index is 12.9. The average molecular weight is 719 g/mol. The van der Waals surface area contributed by atoms with Gasteiger partial charge in [-0.1, -0.05) is 56.9 Å². The van der Waals surface area contributed by atoms with Gasteiger partial charge in [-0.2, -0.15) is 4.98 Å². The largest absolute Gasteiger partial charge is 0.367 e. The van der Waals surface area contributed by atoms with Crippen LogP contribution in [0.5, 0.6) is 0 Å². The van der Waals surface area contributed by atoms with E-state index in [2.05, 4.69) is 56.1 Å². The molecule has 14 nitrogen and oxygen atoms in total. The molecule has 2 atom stereocenters. The summed E-state index contributed by atoms with van der Waals surface area (Å²) >= 11 is 0. The predicted molar refractivity (Wildman–Crippen MR) is 207 cm³/mol. The maximum absolute atomic E-state index is 12.9. The van der Waals surface area contributed by atoms with Crippen LogP contribution < -0.4 is 31.9 Å². The molecule has 2 amide bonds. The Morgan fingerprint density at radius 2 is 1.73 bits per heavy atom. The maximum Gasteiger partial charge on any atom is 0.237 e. The van der Waals surface area contributed by atoms with Crippen molar-refractivity contribution in [2.75, 3.05) is 56.9 Å². The zero-order chi connectivity index (χ0) is 36.5. The van der Waals surface area contributed by atoms with Crippen LogP contribution in [0, 0.1) is 5.92 Å². The van der Waals surface area contributed by atoms with Gasteiger partial charge in [-0.3, -0.25) is 14.3 Å². The van der Waals surface area contributed by atoms with E-state index in [0.717, 1.165) is 86.7 Å². The lowest BCUT2D eigenvalue weighted by Crippen LogP contribution is -2.48. The molecule has 2 fully saturated rings. The fourth-order valence-electron chi connectivity index (χ4n) is 7.22. The van der Waals surface area contributed by atoms with Crippen molar-refractivity contribution in [1.82, 2.24) is 51.1 Å².